The average molecular weight is 317 g/mol. The summed E-state index contributed by atoms with van der Waals surface area (Å²) in [7, 11) is 1.66. The lowest BCUT2D eigenvalue weighted by Gasteiger charge is -2.17. The normalized spacial score (nSPS) is 10.3. The molecular weight excluding hydrogens is 302 g/mol. The van der Waals surface area contributed by atoms with E-state index in [-0.39, 0.29) is 17.2 Å². The van der Waals surface area contributed by atoms with Crippen molar-refractivity contribution in [3.63, 3.8) is 0 Å². The quantitative estimate of drug-likeness (QED) is 0.807. The van der Waals surface area contributed by atoms with Crippen LogP contribution < -0.4 is 5.56 Å². The molecule has 1 amide bonds. The molecule has 0 unspecified atom stereocenters. The van der Waals surface area contributed by atoms with E-state index in [9.17, 15) is 9.59 Å². The number of H-pyrrole nitrogens is 1. The number of hydrogen-bond acceptors (Lipinski definition) is 3. The smallest absolute Gasteiger partial charge is 0.270 e. The number of pyridine rings is 1. The summed E-state index contributed by atoms with van der Waals surface area (Å²) in [6.07, 6.45) is 0. The van der Waals surface area contributed by atoms with Gasteiger partial charge in [-0.3, -0.25) is 9.59 Å². The van der Waals surface area contributed by atoms with Crippen LogP contribution in [0.3, 0.4) is 0 Å². The number of amides is 1. The van der Waals surface area contributed by atoms with Crippen LogP contribution in [0.2, 0.25) is 0 Å². The molecule has 0 spiro atoms. The van der Waals surface area contributed by atoms with Crippen molar-refractivity contribution in [3.8, 4) is 6.07 Å². The molecular formula is C19H15N3O2. The van der Waals surface area contributed by atoms with Crippen LogP contribution in [0.1, 0.15) is 21.6 Å². The second kappa shape index (κ2) is 6.39. The second-order valence-corrected chi connectivity index (χ2v) is 5.57. The molecule has 0 fully saturated rings. The number of aromatic nitrogens is 1. The SMILES string of the molecule is CN(Cc1cccc(C#N)c1)C(=O)c1cc2ccccc2c(=O)[nH]1. The highest BCUT2D eigenvalue weighted by atomic mass is 16.2. The number of hydrogen-bond donors (Lipinski definition) is 1. The number of fused-ring (bicyclic) bond motifs is 1. The van der Waals surface area contributed by atoms with Crippen LogP contribution in [-0.4, -0.2) is 22.8 Å². The lowest BCUT2D eigenvalue weighted by Crippen LogP contribution is -2.28. The molecule has 1 heterocycles. The van der Waals surface area contributed by atoms with Crippen molar-refractivity contribution in [2.24, 2.45) is 0 Å². The fourth-order valence-electron chi connectivity index (χ4n) is 2.62. The Morgan fingerprint density at radius 1 is 1.17 bits per heavy atom. The van der Waals surface area contributed by atoms with E-state index in [1.54, 1.807) is 49.5 Å². The van der Waals surface area contributed by atoms with Crippen molar-refractivity contribution < 1.29 is 4.79 Å². The number of rotatable bonds is 3. The van der Waals surface area contributed by atoms with E-state index in [0.717, 1.165) is 10.9 Å². The molecule has 5 heteroatoms. The lowest BCUT2D eigenvalue weighted by atomic mass is 10.1. The van der Waals surface area contributed by atoms with E-state index < -0.39 is 0 Å². The molecule has 1 aromatic heterocycles. The van der Waals surface area contributed by atoms with E-state index >= 15 is 0 Å². The summed E-state index contributed by atoms with van der Waals surface area (Å²) < 4.78 is 0. The van der Waals surface area contributed by atoms with E-state index in [4.69, 9.17) is 5.26 Å². The Kier molecular flexibility index (Phi) is 4.13. The first-order valence-corrected chi connectivity index (χ1v) is 7.45. The van der Waals surface area contributed by atoms with Gasteiger partial charge in [0.2, 0.25) is 0 Å². The van der Waals surface area contributed by atoms with Gasteiger partial charge in [-0.15, -0.1) is 0 Å². The third kappa shape index (κ3) is 3.03. The Balaban J connectivity index is 1.88. The van der Waals surface area contributed by atoms with E-state index in [1.807, 2.05) is 12.1 Å². The van der Waals surface area contributed by atoms with Gasteiger partial charge in [0.05, 0.1) is 11.6 Å². The average Bonchev–Trinajstić information content (AvgIpc) is 2.61. The van der Waals surface area contributed by atoms with Crippen molar-refractivity contribution in [1.82, 2.24) is 9.88 Å². The Bertz CT molecular complexity index is 1010. The molecule has 0 bridgehead atoms. The monoisotopic (exact) mass is 317 g/mol. The molecule has 0 aliphatic carbocycles. The Morgan fingerprint density at radius 2 is 1.96 bits per heavy atom. The summed E-state index contributed by atoms with van der Waals surface area (Å²) in [5.41, 5.74) is 1.37. The molecule has 0 atom stereocenters. The van der Waals surface area contributed by atoms with Crippen molar-refractivity contribution in [3.05, 3.63) is 81.8 Å². The molecule has 5 nitrogen and oxygen atoms in total. The fraction of sp³-hybridized carbons (Fsp3) is 0.105. The van der Waals surface area contributed by atoms with Gasteiger partial charge in [-0.25, -0.2) is 0 Å². The third-order valence-corrected chi connectivity index (χ3v) is 3.81. The molecule has 3 aromatic rings. The van der Waals surface area contributed by atoms with Crippen LogP contribution in [0.25, 0.3) is 10.8 Å². The van der Waals surface area contributed by atoms with Gasteiger partial charge < -0.3 is 9.88 Å². The Morgan fingerprint density at radius 3 is 2.75 bits per heavy atom. The minimum Gasteiger partial charge on any atom is -0.336 e. The molecule has 0 aliphatic rings. The second-order valence-electron chi connectivity index (χ2n) is 5.57. The number of nitrogens with one attached hydrogen (secondary N) is 1. The molecule has 118 valence electrons. The topological polar surface area (TPSA) is 77.0 Å². The molecule has 0 saturated carbocycles. The Hall–Kier alpha value is -3.39. The van der Waals surface area contributed by atoms with Crippen LogP contribution in [0.15, 0.2) is 59.4 Å². The molecule has 0 radical (unpaired) electrons. The van der Waals surface area contributed by atoms with E-state index in [1.165, 1.54) is 4.90 Å². The van der Waals surface area contributed by atoms with Gasteiger partial charge in [-0.2, -0.15) is 5.26 Å². The number of carbonyl (C=O) groups excluding carboxylic acids is 1. The first kappa shape index (κ1) is 15.5. The summed E-state index contributed by atoms with van der Waals surface area (Å²) in [4.78, 5) is 28.8. The maximum atomic E-state index is 12.6. The molecule has 3 rings (SSSR count). The molecule has 24 heavy (non-hydrogen) atoms. The zero-order valence-corrected chi connectivity index (χ0v) is 13.1. The number of nitrogens with zero attached hydrogens (tertiary/aromatic N) is 2. The van der Waals surface area contributed by atoms with Gasteiger partial charge in [0, 0.05) is 19.0 Å². The third-order valence-electron chi connectivity index (χ3n) is 3.81. The molecule has 0 saturated heterocycles. The molecule has 0 aliphatic heterocycles. The summed E-state index contributed by atoms with van der Waals surface area (Å²) in [5, 5.41) is 10.2. The predicted molar refractivity (Wildman–Crippen MR) is 91.5 cm³/mol. The zero-order chi connectivity index (χ0) is 17.1. The van der Waals surface area contributed by atoms with Gasteiger partial charge in [-0.05, 0) is 35.2 Å². The number of benzene rings is 2. The van der Waals surface area contributed by atoms with Gasteiger partial charge in [-0.1, -0.05) is 30.3 Å². The minimum absolute atomic E-state index is 0.248. The molecule has 2 aromatic carbocycles. The highest BCUT2D eigenvalue weighted by Gasteiger charge is 2.14. The first-order valence-electron chi connectivity index (χ1n) is 7.45. The van der Waals surface area contributed by atoms with Crippen LogP contribution in [0.4, 0.5) is 0 Å². The first-order chi connectivity index (χ1) is 11.6. The van der Waals surface area contributed by atoms with Crippen molar-refractivity contribution in [2.75, 3.05) is 7.05 Å². The Labute approximate surface area is 138 Å². The summed E-state index contributed by atoms with van der Waals surface area (Å²) in [6.45, 7) is 0.350. The predicted octanol–water partition coefficient (Wildman–Crippen LogP) is 2.67. The number of nitriles is 1. The zero-order valence-electron chi connectivity index (χ0n) is 13.1. The fourth-order valence-corrected chi connectivity index (χ4v) is 2.62. The van der Waals surface area contributed by atoms with Crippen LogP contribution in [0.5, 0.6) is 0 Å². The standard InChI is InChI=1S/C19H15N3O2/c1-22(12-14-6-4-5-13(9-14)11-20)19(24)17-10-15-7-2-3-8-16(15)18(23)21-17/h2-10H,12H2,1H3,(H,21,23). The van der Waals surface area contributed by atoms with Gasteiger partial charge in [0.25, 0.3) is 11.5 Å². The maximum absolute atomic E-state index is 12.6. The van der Waals surface area contributed by atoms with Crippen molar-refractivity contribution in [1.29, 1.82) is 5.26 Å². The van der Waals surface area contributed by atoms with Crippen LogP contribution >= 0.6 is 0 Å². The number of aromatic amines is 1. The summed E-state index contributed by atoms with van der Waals surface area (Å²) >= 11 is 0. The summed E-state index contributed by atoms with van der Waals surface area (Å²) in [6, 6.07) is 18.0. The lowest BCUT2D eigenvalue weighted by molar-refractivity contribution is 0.0779. The highest BCUT2D eigenvalue weighted by molar-refractivity contribution is 5.96. The van der Waals surface area contributed by atoms with Gasteiger partial charge >= 0.3 is 0 Å². The largest absolute Gasteiger partial charge is 0.336 e. The van der Waals surface area contributed by atoms with Crippen LogP contribution in [0, 0.1) is 11.3 Å². The minimum atomic E-state index is -0.281. The van der Waals surface area contributed by atoms with Crippen molar-refractivity contribution >= 4 is 16.7 Å². The van der Waals surface area contributed by atoms with Crippen LogP contribution in [-0.2, 0) is 6.54 Å². The van der Waals surface area contributed by atoms with E-state index in [0.29, 0.717) is 17.5 Å². The number of carbonyl (C=O) groups is 1. The highest BCUT2D eigenvalue weighted by Crippen LogP contribution is 2.13. The van der Waals surface area contributed by atoms with E-state index in [2.05, 4.69) is 11.1 Å². The summed E-state index contributed by atoms with van der Waals surface area (Å²) in [5.74, 6) is -0.278. The van der Waals surface area contributed by atoms with Crippen molar-refractivity contribution in [2.45, 2.75) is 6.54 Å². The van der Waals surface area contributed by atoms with Gasteiger partial charge in [0.1, 0.15) is 5.69 Å². The maximum Gasteiger partial charge on any atom is 0.270 e. The van der Waals surface area contributed by atoms with Gasteiger partial charge in [0.15, 0.2) is 0 Å². The molecule has 1 N–H and O–H groups in total.